The maximum Gasteiger partial charge on any atom is 0.374 e. The van der Waals surface area contributed by atoms with E-state index in [1.807, 2.05) is 26.0 Å². The van der Waals surface area contributed by atoms with E-state index in [2.05, 4.69) is 12.1 Å². The standard InChI is InChI=1S/C22H22O5S/c1-22(2)19(14-8-10-18(11-9-14)28(3,24)25)20(21(23)27-22)26-17-12-15-6-4-5-7-16(15)13-17/h4-11,17H,12-13H2,1-3H3. The molecule has 0 amide bonds. The molecule has 6 heteroatoms. The van der Waals surface area contributed by atoms with Crippen LogP contribution < -0.4 is 0 Å². The van der Waals surface area contributed by atoms with E-state index in [9.17, 15) is 13.2 Å². The summed E-state index contributed by atoms with van der Waals surface area (Å²) >= 11 is 0. The quantitative estimate of drug-likeness (QED) is 0.739. The number of hydrogen-bond acceptors (Lipinski definition) is 5. The van der Waals surface area contributed by atoms with Gasteiger partial charge in [-0.2, -0.15) is 0 Å². The van der Waals surface area contributed by atoms with Gasteiger partial charge in [0.15, 0.2) is 9.84 Å². The van der Waals surface area contributed by atoms with Crippen molar-refractivity contribution >= 4 is 21.4 Å². The smallest absolute Gasteiger partial charge is 0.374 e. The number of carbonyl (C=O) groups excluding carboxylic acids is 1. The highest BCUT2D eigenvalue weighted by Crippen LogP contribution is 2.41. The van der Waals surface area contributed by atoms with Crippen LogP contribution in [0.4, 0.5) is 0 Å². The summed E-state index contributed by atoms with van der Waals surface area (Å²) in [6.07, 6.45) is 2.53. The summed E-state index contributed by atoms with van der Waals surface area (Å²) in [5.74, 6) is -0.266. The lowest BCUT2D eigenvalue weighted by Gasteiger charge is -2.21. The average Bonchev–Trinajstić information content (AvgIpc) is 3.11. The SMILES string of the molecule is CC1(C)OC(=O)C(OC2Cc3ccccc3C2)=C1c1ccc(S(C)(=O)=O)cc1. The number of ether oxygens (including phenoxy) is 2. The molecule has 0 bridgehead atoms. The van der Waals surface area contributed by atoms with Gasteiger partial charge < -0.3 is 9.47 Å². The van der Waals surface area contributed by atoms with Crippen molar-refractivity contribution in [2.75, 3.05) is 6.26 Å². The number of benzene rings is 2. The Balaban J connectivity index is 1.69. The van der Waals surface area contributed by atoms with Gasteiger partial charge in [-0.3, -0.25) is 0 Å². The minimum atomic E-state index is -3.29. The second-order valence-electron chi connectivity index (χ2n) is 7.82. The first kappa shape index (κ1) is 18.7. The zero-order valence-corrected chi connectivity index (χ0v) is 16.9. The summed E-state index contributed by atoms with van der Waals surface area (Å²) in [6.45, 7) is 3.62. The van der Waals surface area contributed by atoms with Gasteiger partial charge in [-0.15, -0.1) is 0 Å². The van der Waals surface area contributed by atoms with Crippen LogP contribution in [0.5, 0.6) is 0 Å². The third kappa shape index (κ3) is 3.33. The molecule has 2 aromatic rings. The number of hydrogen-bond donors (Lipinski definition) is 0. The Morgan fingerprint density at radius 2 is 1.57 bits per heavy atom. The van der Waals surface area contributed by atoms with Gasteiger partial charge in [0, 0.05) is 19.1 Å². The van der Waals surface area contributed by atoms with Gasteiger partial charge in [0.1, 0.15) is 11.7 Å². The molecule has 2 aromatic carbocycles. The highest BCUT2D eigenvalue weighted by molar-refractivity contribution is 7.90. The van der Waals surface area contributed by atoms with Crippen LogP contribution in [0, 0.1) is 0 Å². The number of carbonyl (C=O) groups is 1. The molecule has 146 valence electrons. The molecule has 0 fully saturated rings. The van der Waals surface area contributed by atoms with Crippen LogP contribution in [-0.4, -0.2) is 32.3 Å². The van der Waals surface area contributed by atoms with Crippen LogP contribution in [0.3, 0.4) is 0 Å². The van der Waals surface area contributed by atoms with Crippen LogP contribution in [-0.2, 0) is 36.9 Å². The molecule has 0 aromatic heterocycles. The molecule has 28 heavy (non-hydrogen) atoms. The Morgan fingerprint density at radius 3 is 2.11 bits per heavy atom. The normalized spacial score (nSPS) is 18.9. The van der Waals surface area contributed by atoms with E-state index in [1.54, 1.807) is 24.3 Å². The predicted molar refractivity (Wildman–Crippen MR) is 105 cm³/mol. The van der Waals surface area contributed by atoms with E-state index in [0.717, 1.165) is 12.8 Å². The second kappa shape index (κ2) is 6.48. The fraction of sp³-hybridized carbons (Fsp3) is 0.318. The first-order valence-electron chi connectivity index (χ1n) is 9.17. The number of sulfone groups is 1. The Labute approximate surface area is 164 Å². The molecule has 4 rings (SSSR count). The van der Waals surface area contributed by atoms with E-state index < -0.39 is 21.4 Å². The van der Waals surface area contributed by atoms with Gasteiger partial charge in [0.25, 0.3) is 0 Å². The number of esters is 1. The zero-order valence-electron chi connectivity index (χ0n) is 16.1. The third-order valence-electron chi connectivity index (χ3n) is 5.23. The van der Waals surface area contributed by atoms with Crippen molar-refractivity contribution in [1.29, 1.82) is 0 Å². The van der Waals surface area contributed by atoms with E-state index in [1.165, 1.54) is 17.4 Å². The lowest BCUT2D eigenvalue weighted by Crippen LogP contribution is -2.22. The van der Waals surface area contributed by atoms with Gasteiger partial charge in [0.05, 0.1) is 10.5 Å². The summed E-state index contributed by atoms with van der Waals surface area (Å²) in [6, 6.07) is 14.6. The minimum absolute atomic E-state index is 0.126. The van der Waals surface area contributed by atoms with E-state index in [4.69, 9.17) is 9.47 Å². The third-order valence-corrected chi connectivity index (χ3v) is 6.36. The molecule has 0 saturated carbocycles. The number of cyclic esters (lactones) is 1. The molecular weight excluding hydrogens is 376 g/mol. The molecule has 2 aliphatic rings. The Kier molecular flexibility index (Phi) is 4.34. The van der Waals surface area contributed by atoms with E-state index >= 15 is 0 Å². The Hall–Kier alpha value is -2.60. The average molecular weight is 398 g/mol. The summed E-state index contributed by atoms with van der Waals surface area (Å²) < 4.78 is 35.2. The molecule has 1 aliphatic carbocycles. The molecule has 5 nitrogen and oxygen atoms in total. The topological polar surface area (TPSA) is 69.7 Å². The van der Waals surface area contributed by atoms with Crippen molar-refractivity contribution in [1.82, 2.24) is 0 Å². The van der Waals surface area contributed by atoms with Crippen LogP contribution in [0.2, 0.25) is 0 Å². The highest BCUT2D eigenvalue weighted by Gasteiger charge is 2.44. The lowest BCUT2D eigenvalue weighted by molar-refractivity contribution is -0.147. The highest BCUT2D eigenvalue weighted by atomic mass is 32.2. The Bertz CT molecular complexity index is 1050. The second-order valence-corrected chi connectivity index (χ2v) is 9.83. The van der Waals surface area contributed by atoms with Crippen LogP contribution in [0.1, 0.15) is 30.5 Å². The predicted octanol–water partition coefficient (Wildman–Crippen LogP) is 3.32. The van der Waals surface area contributed by atoms with Gasteiger partial charge >= 0.3 is 5.97 Å². The van der Waals surface area contributed by atoms with Crippen molar-refractivity contribution in [2.24, 2.45) is 0 Å². The molecule has 1 heterocycles. The largest absolute Gasteiger partial charge is 0.482 e. The maximum absolute atomic E-state index is 12.6. The van der Waals surface area contributed by atoms with E-state index in [-0.39, 0.29) is 16.8 Å². The molecule has 0 unspecified atom stereocenters. The molecular formula is C22H22O5S. The van der Waals surface area contributed by atoms with Gasteiger partial charge in [0.2, 0.25) is 5.76 Å². The van der Waals surface area contributed by atoms with Gasteiger partial charge in [-0.1, -0.05) is 36.4 Å². The van der Waals surface area contributed by atoms with Crippen molar-refractivity contribution in [3.05, 3.63) is 71.0 Å². The molecule has 0 N–H and O–H groups in total. The zero-order chi connectivity index (χ0) is 20.1. The van der Waals surface area contributed by atoms with Crippen molar-refractivity contribution in [3.8, 4) is 0 Å². The summed E-state index contributed by atoms with van der Waals surface area (Å²) in [5.41, 5.74) is 2.97. The summed E-state index contributed by atoms with van der Waals surface area (Å²) in [5, 5.41) is 0. The van der Waals surface area contributed by atoms with Crippen LogP contribution in [0.15, 0.2) is 59.2 Å². The summed E-state index contributed by atoms with van der Waals surface area (Å²) in [7, 11) is -3.29. The molecule has 0 radical (unpaired) electrons. The number of fused-ring (bicyclic) bond motifs is 1. The van der Waals surface area contributed by atoms with Crippen molar-refractivity contribution < 1.29 is 22.7 Å². The van der Waals surface area contributed by atoms with Crippen molar-refractivity contribution in [2.45, 2.75) is 43.3 Å². The lowest BCUT2D eigenvalue weighted by atomic mass is 9.92. The van der Waals surface area contributed by atoms with Crippen molar-refractivity contribution in [3.63, 3.8) is 0 Å². The van der Waals surface area contributed by atoms with Crippen LogP contribution in [0.25, 0.3) is 5.57 Å². The van der Waals surface area contributed by atoms with E-state index in [0.29, 0.717) is 11.1 Å². The monoisotopic (exact) mass is 398 g/mol. The maximum atomic E-state index is 12.6. The number of rotatable bonds is 4. The fourth-order valence-corrected chi connectivity index (χ4v) is 4.56. The Morgan fingerprint density at radius 1 is 1.00 bits per heavy atom. The molecule has 0 saturated heterocycles. The minimum Gasteiger partial charge on any atom is -0.482 e. The van der Waals surface area contributed by atoms with Gasteiger partial charge in [-0.25, -0.2) is 13.2 Å². The fourth-order valence-electron chi connectivity index (χ4n) is 3.93. The van der Waals surface area contributed by atoms with Crippen LogP contribution >= 0.6 is 0 Å². The van der Waals surface area contributed by atoms with Gasteiger partial charge in [-0.05, 0) is 42.7 Å². The summed E-state index contributed by atoms with van der Waals surface area (Å²) in [4.78, 5) is 12.8. The molecule has 0 spiro atoms. The molecule has 1 aliphatic heterocycles. The first-order valence-corrected chi connectivity index (χ1v) is 11.1. The molecule has 0 atom stereocenters. The first-order chi connectivity index (χ1) is 13.1.